The molecule has 0 amide bonds. The number of hydrogen-bond acceptors (Lipinski definition) is 2. The molecule has 0 aliphatic heterocycles. The highest BCUT2D eigenvalue weighted by Crippen LogP contribution is 2.37. The fraction of sp³-hybridized carbons (Fsp3) is 0.515. The number of nitrogens with zero attached hydrogens (tertiary/aromatic N) is 2. The summed E-state index contributed by atoms with van der Waals surface area (Å²) in [5, 5.41) is 0. The van der Waals surface area contributed by atoms with Gasteiger partial charge in [-0.2, -0.15) is 0 Å². The van der Waals surface area contributed by atoms with Gasteiger partial charge in [-0.15, -0.1) is 0 Å². The Hall–Kier alpha value is -2.48. The van der Waals surface area contributed by atoms with Crippen molar-refractivity contribution in [3.63, 3.8) is 0 Å². The summed E-state index contributed by atoms with van der Waals surface area (Å²) in [5.41, 5.74) is 5.29. The van der Waals surface area contributed by atoms with E-state index in [0.717, 1.165) is 17.3 Å². The van der Waals surface area contributed by atoms with E-state index < -0.39 is 0 Å². The van der Waals surface area contributed by atoms with E-state index in [4.69, 9.17) is 0 Å². The zero-order valence-corrected chi connectivity index (χ0v) is 22.4. The zero-order chi connectivity index (χ0) is 24.7. The van der Waals surface area contributed by atoms with Gasteiger partial charge in [0.05, 0.1) is 0 Å². The molecule has 0 atom stereocenters. The van der Waals surface area contributed by atoms with Crippen LogP contribution in [0.15, 0.2) is 67.0 Å². The van der Waals surface area contributed by atoms with Crippen molar-refractivity contribution in [1.82, 2.24) is 9.97 Å². The van der Waals surface area contributed by atoms with Crippen molar-refractivity contribution in [2.24, 2.45) is 5.92 Å². The number of aryl methyl sites for hydroxylation is 2. The third-order valence-corrected chi connectivity index (χ3v) is 7.39. The van der Waals surface area contributed by atoms with Gasteiger partial charge in [-0.3, -0.25) is 0 Å². The van der Waals surface area contributed by atoms with Crippen LogP contribution in [-0.4, -0.2) is 9.97 Å². The van der Waals surface area contributed by atoms with Crippen molar-refractivity contribution >= 4 is 0 Å². The van der Waals surface area contributed by atoms with Crippen LogP contribution in [-0.2, 0) is 6.42 Å². The Labute approximate surface area is 214 Å². The van der Waals surface area contributed by atoms with Crippen molar-refractivity contribution in [3.05, 3.63) is 83.7 Å². The Morgan fingerprint density at radius 1 is 0.743 bits per heavy atom. The molecule has 1 aliphatic rings. The number of aromatic nitrogens is 2. The van der Waals surface area contributed by atoms with Gasteiger partial charge in [-0.1, -0.05) is 113 Å². The smallest absolute Gasteiger partial charge is 0.159 e. The molecule has 0 radical (unpaired) electrons. The van der Waals surface area contributed by atoms with Crippen molar-refractivity contribution < 1.29 is 0 Å². The zero-order valence-electron chi connectivity index (χ0n) is 22.4. The topological polar surface area (TPSA) is 25.8 Å². The number of rotatable bonds is 10. The third-order valence-electron chi connectivity index (χ3n) is 7.39. The molecule has 0 N–H and O–H groups in total. The molecule has 1 saturated carbocycles. The summed E-state index contributed by atoms with van der Waals surface area (Å²) in [6.07, 6.45) is 20.3. The minimum Gasteiger partial charge on any atom is -0.236 e. The van der Waals surface area contributed by atoms with E-state index in [1.54, 1.807) is 0 Å². The van der Waals surface area contributed by atoms with Crippen LogP contribution >= 0.6 is 0 Å². The molecule has 188 valence electrons. The van der Waals surface area contributed by atoms with Crippen LogP contribution in [0.5, 0.6) is 0 Å². The number of hydrogen-bond donors (Lipinski definition) is 0. The van der Waals surface area contributed by atoms with Crippen molar-refractivity contribution in [2.75, 3.05) is 0 Å². The van der Waals surface area contributed by atoms with Crippen LogP contribution in [0.2, 0.25) is 0 Å². The first kappa shape index (κ1) is 27.1. The Morgan fingerprint density at radius 2 is 1.43 bits per heavy atom. The van der Waals surface area contributed by atoms with E-state index in [-0.39, 0.29) is 0 Å². The van der Waals surface area contributed by atoms with E-state index in [1.165, 1.54) is 93.7 Å². The maximum absolute atomic E-state index is 4.59. The van der Waals surface area contributed by atoms with Crippen molar-refractivity contribution in [2.45, 2.75) is 104 Å². The van der Waals surface area contributed by atoms with Gasteiger partial charge < -0.3 is 0 Å². The molecule has 3 aromatic rings. The molecule has 0 bridgehead atoms. The average molecular weight is 471 g/mol. The molecule has 2 nitrogen and oxygen atoms in total. The molecular weight excluding hydrogens is 424 g/mol. The Kier molecular flexibility index (Phi) is 12.0. The monoisotopic (exact) mass is 470 g/mol. The van der Waals surface area contributed by atoms with Crippen molar-refractivity contribution in [3.8, 4) is 11.4 Å². The summed E-state index contributed by atoms with van der Waals surface area (Å²) in [7, 11) is 0. The first-order chi connectivity index (χ1) is 17.2. The van der Waals surface area contributed by atoms with Crippen LogP contribution < -0.4 is 0 Å². The number of unbranched alkanes of at least 4 members (excludes halogenated alkanes) is 4. The minimum absolute atomic E-state index is 0.669. The molecule has 2 heteroatoms. The first-order valence-corrected chi connectivity index (χ1v) is 14.1. The second kappa shape index (κ2) is 15.5. The minimum atomic E-state index is 0.669. The highest BCUT2D eigenvalue weighted by molar-refractivity contribution is 5.54. The van der Waals surface area contributed by atoms with E-state index in [1.807, 2.05) is 18.2 Å². The van der Waals surface area contributed by atoms with E-state index in [0.29, 0.717) is 5.92 Å². The van der Waals surface area contributed by atoms with Gasteiger partial charge in [-0.05, 0) is 68.4 Å². The van der Waals surface area contributed by atoms with E-state index in [2.05, 4.69) is 79.5 Å². The van der Waals surface area contributed by atoms with Gasteiger partial charge in [0.1, 0.15) is 0 Å². The van der Waals surface area contributed by atoms with Gasteiger partial charge in [0.15, 0.2) is 5.82 Å². The average Bonchev–Trinajstić information content (AvgIpc) is 2.91. The van der Waals surface area contributed by atoms with E-state index in [9.17, 15) is 0 Å². The van der Waals surface area contributed by atoms with Gasteiger partial charge in [-0.25, -0.2) is 9.97 Å². The molecule has 4 rings (SSSR count). The molecular formula is C33H46N2. The Balaban J connectivity index is 0.000000241. The third kappa shape index (κ3) is 9.59. The van der Waals surface area contributed by atoms with Crippen LogP contribution in [0.3, 0.4) is 0 Å². The SMILES string of the molecule is CCCCCC1CCC(c2cnc(-c3ccccc3)nc2)CC1.CCCCCc1cccc(C)c1. The molecule has 35 heavy (non-hydrogen) atoms. The normalized spacial score (nSPS) is 17.5. The van der Waals surface area contributed by atoms with Gasteiger partial charge >= 0.3 is 0 Å². The van der Waals surface area contributed by atoms with Gasteiger partial charge in [0.25, 0.3) is 0 Å². The Bertz CT molecular complexity index is 940. The molecule has 0 unspecified atom stereocenters. The Morgan fingerprint density at radius 3 is 2.09 bits per heavy atom. The second-order valence-corrected chi connectivity index (χ2v) is 10.4. The van der Waals surface area contributed by atoms with Crippen LogP contribution in [0.4, 0.5) is 0 Å². The summed E-state index contributed by atoms with van der Waals surface area (Å²) in [6, 6.07) is 19.0. The first-order valence-electron chi connectivity index (χ1n) is 14.1. The molecule has 1 fully saturated rings. The predicted octanol–water partition coefficient (Wildman–Crippen LogP) is 9.73. The highest BCUT2D eigenvalue weighted by Gasteiger charge is 2.22. The van der Waals surface area contributed by atoms with Gasteiger partial charge in [0, 0.05) is 18.0 Å². The fourth-order valence-corrected chi connectivity index (χ4v) is 5.20. The predicted molar refractivity (Wildman–Crippen MR) is 151 cm³/mol. The lowest BCUT2D eigenvalue weighted by Gasteiger charge is -2.28. The fourth-order valence-electron chi connectivity index (χ4n) is 5.20. The summed E-state index contributed by atoms with van der Waals surface area (Å²) in [6.45, 7) is 6.69. The summed E-state index contributed by atoms with van der Waals surface area (Å²) in [5.74, 6) is 2.46. The number of benzene rings is 2. The molecule has 0 saturated heterocycles. The lowest BCUT2D eigenvalue weighted by atomic mass is 9.77. The summed E-state index contributed by atoms with van der Waals surface area (Å²) in [4.78, 5) is 9.19. The van der Waals surface area contributed by atoms with Crippen LogP contribution in [0, 0.1) is 12.8 Å². The maximum atomic E-state index is 4.59. The quantitative estimate of drug-likeness (QED) is 0.276. The summed E-state index contributed by atoms with van der Waals surface area (Å²) < 4.78 is 0. The summed E-state index contributed by atoms with van der Waals surface area (Å²) >= 11 is 0. The molecule has 2 aromatic carbocycles. The maximum Gasteiger partial charge on any atom is 0.159 e. The second-order valence-electron chi connectivity index (χ2n) is 10.4. The largest absolute Gasteiger partial charge is 0.236 e. The lowest BCUT2D eigenvalue weighted by molar-refractivity contribution is 0.302. The van der Waals surface area contributed by atoms with Crippen LogP contribution in [0.25, 0.3) is 11.4 Å². The standard InChI is InChI=1S/C21H28N2.C12H18/c1-2-3-5-8-17-11-13-18(14-12-17)20-15-22-21(23-16-20)19-9-6-4-7-10-19;1-3-4-5-8-12-9-6-7-11(2)10-12/h4,6-7,9-10,15-18H,2-3,5,8,11-14H2,1H3;6-7,9-10H,3-5,8H2,1-2H3. The van der Waals surface area contributed by atoms with Crippen LogP contribution in [0.1, 0.15) is 107 Å². The lowest BCUT2D eigenvalue weighted by Crippen LogP contribution is -2.13. The van der Waals surface area contributed by atoms with E-state index >= 15 is 0 Å². The van der Waals surface area contributed by atoms with Crippen molar-refractivity contribution in [1.29, 1.82) is 0 Å². The molecule has 1 aromatic heterocycles. The van der Waals surface area contributed by atoms with Gasteiger partial charge in [0.2, 0.25) is 0 Å². The highest BCUT2D eigenvalue weighted by atomic mass is 14.9. The molecule has 1 aliphatic carbocycles. The molecule has 0 spiro atoms. The molecule has 1 heterocycles.